The van der Waals surface area contributed by atoms with Crippen LogP contribution in [0.15, 0.2) is 41.0 Å². The molecule has 0 atom stereocenters. The maximum absolute atomic E-state index is 12.4. The number of nitrogens with one attached hydrogen (secondary N) is 1. The van der Waals surface area contributed by atoms with Crippen molar-refractivity contribution in [3.05, 3.63) is 51.7 Å². The summed E-state index contributed by atoms with van der Waals surface area (Å²) in [6.45, 7) is 0. The van der Waals surface area contributed by atoms with Crippen molar-refractivity contribution in [1.82, 2.24) is 4.57 Å². The van der Waals surface area contributed by atoms with E-state index in [4.69, 9.17) is 11.6 Å². The zero-order chi connectivity index (χ0) is 14.1. The van der Waals surface area contributed by atoms with Crippen LogP contribution in [0, 0.1) is 0 Å². The third kappa shape index (κ3) is 2.63. The lowest BCUT2D eigenvalue weighted by molar-refractivity contribution is 0.101. The van der Waals surface area contributed by atoms with Crippen LogP contribution in [-0.4, -0.2) is 10.5 Å². The quantitative estimate of drug-likeness (QED) is 0.838. The number of anilines is 1. The minimum atomic E-state index is -0.0869. The summed E-state index contributed by atoms with van der Waals surface area (Å²) in [6.07, 6.45) is 5.54. The molecule has 1 aliphatic carbocycles. The number of nitrogens with zero attached hydrogens (tertiary/aromatic N) is 1. The lowest BCUT2D eigenvalue weighted by atomic mass is 9.93. The fraction of sp³-hybridized carbons (Fsp3) is 0.267. The van der Waals surface area contributed by atoms with Crippen molar-refractivity contribution in [3.63, 3.8) is 0 Å². The highest BCUT2D eigenvalue weighted by atomic mass is 79.9. The van der Waals surface area contributed by atoms with E-state index in [2.05, 4.69) is 25.8 Å². The number of benzene rings is 1. The van der Waals surface area contributed by atoms with E-state index in [0.717, 1.165) is 23.0 Å². The molecule has 1 aromatic heterocycles. The summed E-state index contributed by atoms with van der Waals surface area (Å²) in [6, 6.07) is 9.61. The molecule has 1 aromatic carbocycles. The maximum atomic E-state index is 12.4. The molecule has 1 heterocycles. The van der Waals surface area contributed by atoms with Gasteiger partial charge in [-0.25, -0.2) is 0 Å². The molecular formula is C15H14BrClN2O. The Morgan fingerprint density at radius 1 is 1.35 bits per heavy atom. The topological polar surface area (TPSA) is 34.0 Å². The zero-order valence-corrected chi connectivity index (χ0v) is 13.1. The fourth-order valence-corrected chi connectivity index (χ4v) is 2.83. The third-order valence-electron chi connectivity index (χ3n) is 3.66. The second-order valence-corrected chi connectivity index (χ2v) is 6.23. The number of halogens is 2. The summed E-state index contributed by atoms with van der Waals surface area (Å²) in [5.74, 6) is -0.0869. The average molecular weight is 354 g/mol. The molecule has 0 spiro atoms. The minimum Gasteiger partial charge on any atom is -0.340 e. The van der Waals surface area contributed by atoms with Gasteiger partial charge in [0.25, 0.3) is 5.91 Å². The van der Waals surface area contributed by atoms with Gasteiger partial charge in [0.15, 0.2) is 0 Å². The highest BCUT2D eigenvalue weighted by molar-refractivity contribution is 9.10. The summed E-state index contributed by atoms with van der Waals surface area (Å²) in [5, 5.41) is 3.53. The Morgan fingerprint density at radius 2 is 2.15 bits per heavy atom. The maximum Gasteiger partial charge on any atom is 0.272 e. The highest BCUT2D eigenvalue weighted by Gasteiger charge is 2.23. The van der Waals surface area contributed by atoms with Crippen molar-refractivity contribution in [2.45, 2.75) is 25.3 Å². The molecule has 0 radical (unpaired) electrons. The van der Waals surface area contributed by atoms with Crippen LogP contribution in [0.2, 0.25) is 5.02 Å². The van der Waals surface area contributed by atoms with Gasteiger partial charge < -0.3 is 9.88 Å². The minimum absolute atomic E-state index is 0.0869. The highest BCUT2D eigenvalue weighted by Crippen LogP contribution is 2.33. The van der Waals surface area contributed by atoms with Crippen molar-refractivity contribution < 1.29 is 4.79 Å². The number of hydrogen-bond donors (Lipinski definition) is 1. The molecule has 3 nitrogen and oxygen atoms in total. The normalized spacial score (nSPS) is 14.9. The second-order valence-electron chi connectivity index (χ2n) is 4.97. The Labute approximate surface area is 131 Å². The third-order valence-corrected chi connectivity index (χ3v) is 4.87. The fourth-order valence-electron chi connectivity index (χ4n) is 2.34. The van der Waals surface area contributed by atoms with Gasteiger partial charge in [-0.3, -0.25) is 4.79 Å². The van der Waals surface area contributed by atoms with Crippen LogP contribution in [0.3, 0.4) is 0 Å². The molecule has 104 valence electrons. The van der Waals surface area contributed by atoms with Crippen molar-refractivity contribution in [1.29, 1.82) is 0 Å². The molecule has 3 rings (SSSR count). The second kappa shape index (κ2) is 5.62. The van der Waals surface area contributed by atoms with Crippen LogP contribution in [0.5, 0.6) is 0 Å². The molecule has 1 saturated carbocycles. The first-order valence-corrected chi connectivity index (χ1v) is 7.75. The number of rotatable bonds is 3. The lowest BCUT2D eigenvalue weighted by Gasteiger charge is -2.28. The Bertz CT molecular complexity index is 649. The largest absolute Gasteiger partial charge is 0.340 e. The van der Waals surface area contributed by atoms with Crippen LogP contribution in [0.25, 0.3) is 0 Å². The van der Waals surface area contributed by atoms with Crippen molar-refractivity contribution in [3.8, 4) is 0 Å². The van der Waals surface area contributed by atoms with Crippen LogP contribution in [-0.2, 0) is 0 Å². The summed E-state index contributed by atoms with van der Waals surface area (Å²) in [5.41, 5.74) is 1.44. The van der Waals surface area contributed by atoms with Gasteiger partial charge in [-0.05, 0) is 65.5 Å². The monoisotopic (exact) mass is 352 g/mol. The van der Waals surface area contributed by atoms with Crippen molar-refractivity contribution >= 4 is 39.1 Å². The molecule has 0 bridgehead atoms. The molecule has 1 fully saturated rings. The van der Waals surface area contributed by atoms with Crippen LogP contribution >= 0.6 is 27.5 Å². The lowest BCUT2D eigenvalue weighted by Crippen LogP contribution is -2.23. The Morgan fingerprint density at radius 3 is 2.80 bits per heavy atom. The number of hydrogen-bond acceptors (Lipinski definition) is 1. The first kappa shape index (κ1) is 13.7. The van der Waals surface area contributed by atoms with E-state index in [-0.39, 0.29) is 5.91 Å². The predicted molar refractivity (Wildman–Crippen MR) is 84.4 cm³/mol. The Hall–Kier alpha value is -1.26. The molecule has 1 N–H and O–H groups in total. The first-order chi connectivity index (χ1) is 9.65. The van der Waals surface area contributed by atoms with E-state index in [1.807, 2.05) is 18.3 Å². The van der Waals surface area contributed by atoms with Gasteiger partial charge in [0, 0.05) is 22.4 Å². The molecule has 20 heavy (non-hydrogen) atoms. The number of carbonyl (C=O) groups excluding carboxylic acids is 1. The summed E-state index contributed by atoms with van der Waals surface area (Å²) >= 11 is 9.30. The Balaban J connectivity index is 1.79. The van der Waals surface area contributed by atoms with E-state index in [0.29, 0.717) is 16.8 Å². The summed E-state index contributed by atoms with van der Waals surface area (Å²) in [7, 11) is 0. The standard InChI is InChI=1S/C15H14BrClN2O/c16-12-9-10(6-7-13(12)17)18-15(20)14-5-2-8-19(14)11-3-1-4-11/h2,5-9,11H,1,3-4H2,(H,18,20). The van der Waals surface area contributed by atoms with Gasteiger partial charge in [0.2, 0.25) is 0 Å². The van der Waals surface area contributed by atoms with Crippen molar-refractivity contribution in [2.75, 3.05) is 5.32 Å². The SMILES string of the molecule is O=C(Nc1ccc(Cl)c(Br)c1)c1cccn1C1CCC1. The number of amides is 1. The predicted octanol–water partition coefficient (Wildman–Crippen LogP) is 4.88. The smallest absolute Gasteiger partial charge is 0.272 e. The molecule has 0 unspecified atom stereocenters. The van der Waals surface area contributed by atoms with Crippen LogP contribution < -0.4 is 5.32 Å². The van der Waals surface area contributed by atoms with Crippen LogP contribution in [0.1, 0.15) is 35.8 Å². The molecule has 5 heteroatoms. The van der Waals surface area contributed by atoms with E-state index in [1.54, 1.807) is 18.2 Å². The molecule has 1 aliphatic rings. The van der Waals surface area contributed by atoms with Gasteiger partial charge in [0.1, 0.15) is 5.69 Å². The van der Waals surface area contributed by atoms with E-state index < -0.39 is 0 Å². The molecular weight excluding hydrogens is 340 g/mol. The van der Waals surface area contributed by atoms with Crippen LogP contribution in [0.4, 0.5) is 5.69 Å². The summed E-state index contributed by atoms with van der Waals surface area (Å²) in [4.78, 5) is 12.4. The average Bonchev–Trinajstić information content (AvgIpc) is 2.81. The molecule has 0 aliphatic heterocycles. The van der Waals surface area contributed by atoms with Gasteiger partial charge >= 0.3 is 0 Å². The number of aromatic nitrogens is 1. The van der Waals surface area contributed by atoms with Crippen molar-refractivity contribution in [2.24, 2.45) is 0 Å². The summed E-state index contributed by atoms with van der Waals surface area (Å²) < 4.78 is 2.84. The van der Waals surface area contributed by atoms with Gasteiger partial charge in [-0.15, -0.1) is 0 Å². The van der Waals surface area contributed by atoms with E-state index in [1.165, 1.54) is 6.42 Å². The molecule has 0 saturated heterocycles. The molecule has 2 aromatic rings. The first-order valence-electron chi connectivity index (χ1n) is 6.58. The van der Waals surface area contributed by atoms with Gasteiger partial charge in [-0.1, -0.05) is 11.6 Å². The van der Waals surface area contributed by atoms with E-state index in [9.17, 15) is 4.79 Å². The van der Waals surface area contributed by atoms with E-state index >= 15 is 0 Å². The Kier molecular flexibility index (Phi) is 3.85. The van der Waals surface area contributed by atoms with Gasteiger partial charge in [-0.2, -0.15) is 0 Å². The number of carbonyl (C=O) groups is 1. The zero-order valence-electron chi connectivity index (χ0n) is 10.8. The molecule has 1 amide bonds. The van der Waals surface area contributed by atoms with Gasteiger partial charge in [0.05, 0.1) is 5.02 Å².